The molecule has 1 aromatic rings. The Balaban J connectivity index is 1.66. The fourth-order valence-electron chi connectivity index (χ4n) is 2.03. The number of nitrogens with one attached hydrogen (secondary N) is 1. The fraction of sp³-hybridized carbons (Fsp3) is 0.538. The quantitative estimate of drug-likeness (QED) is 0.815. The van der Waals surface area contributed by atoms with Crippen molar-refractivity contribution in [2.75, 3.05) is 19.7 Å². The average Bonchev–Trinajstić information content (AvgIpc) is 2.32. The number of hydrogen-bond donors (Lipinski definition) is 1. The Labute approximate surface area is 91.6 Å². The lowest BCUT2D eigenvalue weighted by Crippen LogP contribution is -2.30. The molecule has 0 aliphatic carbocycles. The normalized spacial score (nSPS) is 21.2. The molecule has 0 spiro atoms. The van der Waals surface area contributed by atoms with E-state index in [2.05, 4.69) is 5.32 Å². The predicted molar refractivity (Wildman–Crippen MR) is 62.1 cm³/mol. The second-order valence-corrected chi connectivity index (χ2v) is 4.16. The van der Waals surface area contributed by atoms with Crippen molar-refractivity contribution < 1.29 is 4.74 Å². The number of piperidine rings is 1. The lowest BCUT2D eigenvalue weighted by molar-refractivity contribution is 0.254. The van der Waals surface area contributed by atoms with E-state index in [1.54, 1.807) is 0 Å². The van der Waals surface area contributed by atoms with Crippen LogP contribution >= 0.6 is 0 Å². The van der Waals surface area contributed by atoms with Gasteiger partial charge in [0.05, 0.1) is 6.61 Å². The summed E-state index contributed by atoms with van der Waals surface area (Å²) in [6.45, 7) is 3.20. The van der Waals surface area contributed by atoms with Crippen LogP contribution in [0.3, 0.4) is 0 Å². The second kappa shape index (κ2) is 5.76. The van der Waals surface area contributed by atoms with Crippen LogP contribution in [0, 0.1) is 5.92 Å². The Hall–Kier alpha value is -1.02. The Morgan fingerprint density at radius 1 is 1.27 bits per heavy atom. The summed E-state index contributed by atoms with van der Waals surface area (Å²) >= 11 is 0. The standard InChI is InChI=1S/C13H19NO/c1-2-6-13(7-3-1)15-10-8-12-5-4-9-14-11-12/h1-3,6-7,12,14H,4-5,8-11H2. The zero-order chi connectivity index (χ0) is 10.3. The molecule has 2 nitrogen and oxygen atoms in total. The third-order valence-electron chi connectivity index (χ3n) is 2.94. The van der Waals surface area contributed by atoms with Crippen LogP contribution in [-0.2, 0) is 0 Å². The lowest BCUT2D eigenvalue weighted by atomic mass is 9.97. The van der Waals surface area contributed by atoms with Crippen LogP contribution in [0.25, 0.3) is 0 Å². The molecule has 0 aromatic heterocycles. The van der Waals surface area contributed by atoms with E-state index in [9.17, 15) is 0 Å². The minimum atomic E-state index is 0.808. The molecule has 2 heteroatoms. The van der Waals surface area contributed by atoms with E-state index in [1.165, 1.54) is 25.8 Å². The van der Waals surface area contributed by atoms with E-state index < -0.39 is 0 Å². The molecule has 82 valence electrons. The highest BCUT2D eigenvalue weighted by Gasteiger charge is 2.12. The van der Waals surface area contributed by atoms with Gasteiger partial charge in [0.15, 0.2) is 0 Å². The zero-order valence-electron chi connectivity index (χ0n) is 9.11. The molecule has 1 aliphatic heterocycles. The second-order valence-electron chi connectivity index (χ2n) is 4.16. The van der Waals surface area contributed by atoms with Crippen LogP contribution in [0.2, 0.25) is 0 Å². The van der Waals surface area contributed by atoms with Crippen molar-refractivity contribution in [3.63, 3.8) is 0 Å². The number of hydrogen-bond acceptors (Lipinski definition) is 2. The van der Waals surface area contributed by atoms with Crippen molar-refractivity contribution in [3.8, 4) is 5.75 Å². The molecule has 1 heterocycles. The highest BCUT2D eigenvalue weighted by atomic mass is 16.5. The van der Waals surface area contributed by atoms with E-state index in [4.69, 9.17) is 4.74 Å². The van der Waals surface area contributed by atoms with Gasteiger partial charge in [0.25, 0.3) is 0 Å². The molecule has 1 aliphatic rings. The molecule has 0 radical (unpaired) electrons. The molecule has 1 unspecified atom stereocenters. The van der Waals surface area contributed by atoms with E-state index in [-0.39, 0.29) is 0 Å². The first-order valence-corrected chi connectivity index (χ1v) is 5.84. The minimum Gasteiger partial charge on any atom is -0.494 e. The van der Waals surface area contributed by atoms with E-state index in [1.807, 2.05) is 30.3 Å². The molecule has 1 N–H and O–H groups in total. The van der Waals surface area contributed by atoms with Gasteiger partial charge in [-0.05, 0) is 50.4 Å². The van der Waals surface area contributed by atoms with E-state index >= 15 is 0 Å². The van der Waals surface area contributed by atoms with Crippen molar-refractivity contribution in [2.24, 2.45) is 5.92 Å². The van der Waals surface area contributed by atoms with E-state index in [0.29, 0.717) is 0 Å². The van der Waals surface area contributed by atoms with E-state index in [0.717, 1.165) is 24.8 Å². The Morgan fingerprint density at radius 2 is 2.13 bits per heavy atom. The molecule has 1 atom stereocenters. The van der Waals surface area contributed by atoms with Gasteiger partial charge >= 0.3 is 0 Å². The molecular weight excluding hydrogens is 186 g/mol. The average molecular weight is 205 g/mol. The molecule has 0 saturated carbocycles. The van der Waals surface area contributed by atoms with Crippen molar-refractivity contribution >= 4 is 0 Å². The van der Waals surface area contributed by atoms with Crippen LogP contribution in [0.1, 0.15) is 19.3 Å². The maximum atomic E-state index is 5.68. The minimum absolute atomic E-state index is 0.808. The molecular formula is C13H19NO. The SMILES string of the molecule is c1ccc(OCCC2CCCNC2)cc1. The number of para-hydroxylation sites is 1. The highest BCUT2D eigenvalue weighted by Crippen LogP contribution is 2.15. The molecule has 0 bridgehead atoms. The van der Waals surface area contributed by atoms with Gasteiger partial charge < -0.3 is 10.1 Å². The largest absolute Gasteiger partial charge is 0.494 e. The first kappa shape index (κ1) is 10.5. The number of benzene rings is 1. The van der Waals surface area contributed by atoms with Crippen LogP contribution in [-0.4, -0.2) is 19.7 Å². The monoisotopic (exact) mass is 205 g/mol. The summed E-state index contributed by atoms with van der Waals surface area (Å²) in [5.74, 6) is 1.80. The topological polar surface area (TPSA) is 21.3 Å². The predicted octanol–water partition coefficient (Wildman–Crippen LogP) is 2.46. The molecule has 1 saturated heterocycles. The van der Waals surface area contributed by atoms with Gasteiger partial charge in [0.2, 0.25) is 0 Å². The van der Waals surface area contributed by atoms with Crippen LogP contribution < -0.4 is 10.1 Å². The summed E-state index contributed by atoms with van der Waals surface area (Å²) in [5.41, 5.74) is 0. The summed E-state index contributed by atoms with van der Waals surface area (Å²) in [6.07, 6.45) is 3.84. The maximum Gasteiger partial charge on any atom is 0.119 e. The summed E-state index contributed by atoms with van der Waals surface area (Å²) in [7, 11) is 0. The third kappa shape index (κ3) is 3.56. The first-order valence-electron chi connectivity index (χ1n) is 5.84. The summed E-state index contributed by atoms with van der Waals surface area (Å²) < 4.78 is 5.68. The zero-order valence-corrected chi connectivity index (χ0v) is 9.11. The van der Waals surface area contributed by atoms with Crippen molar-refractivity contribution in [1.82, 2.24) is 5.32 Å². The third-order valence-corrected chi connectivity index (χ3v) is 2.94. The number of rotatable bonds is 4. The van der Waals surface area contributed by atoms with Gasteiger partial charge in [-0.1, -0.05) is 18.2 Å². The summed E-state index contributed by atoms with van der Waals surface area (Å²) in [6, 6.07) is 10.1. The number of ether oxygens (including phenoxy) is 1. The highest BCUT2D eigenvalue weighted by molar-refractivity contribution is 5.20. The van der Waals surface area contributed by atoms with Crippen molar-refractivity contribution in [2.45, 2.75) is 19.3 Å². The van der Waals surface area contributed by atoms with Gasteiger partial charge in [-0.25, -0.2) is 0 Å². The smallest absolute Gasteiger partial charge is 0.119 e. The van der Waals surface area contributed by atoms with Gasteiger partial charge in [-0.3, -0.25) is 0 Å². The van der Waals surface area contributed by atoms with Crippen LogP contribution in [0.15, 0.2) is 30.3 Å². The van der Waals surface area contributed by atoms with Gasteiger partial charge in [0.1, 0.15) is 5.75 Å². The van der Waals surface area contributed by atoms with Crippen LogP contribution in [0.5, 0.6) is 5.75 Å². The van der Waals surface area contributed by atoms with Gasteiger partial charge in [0, 0.05) is 0 Å². The van der Waals surface area contributed by atoms with Crippen LogP contribution in [0.4, 0.5) is 0 Å². The summed E-state index contributed by atoms with van der Waals surface area (Å²) in [5, 5.41) is 3.43. The Bertz CT molecular complexity index is 267. The fourth-order valence-corrected chi connectivity index (χ4v) is 2.03. The van der Waals surface area contributed by atoms with Crippen molar-refractivity contribution in [3.05, 3.63) is 30.3 Å². The van der Waals surface area contributed by atoms with Gasteiger partial charge in [-0.15, -0.1) is 0 Å². The molecule has 15 heavy (non-hydrogen) atoms. The maximum absolute atomic E-state index is 5.68. The molecule has 1 fully saturated rings. The summed E-state index contributed by atoms with van der Waals surface area (Å²) in [4.78, 5) is 0. The molecule has 2 rings (SSSR count). The first-order chi connectivity index (χ1) is 7.45. The Morgan fingerprint density at radius 3 is 2.87 bits per heavy atom. The van der Waals surface area contributed by atoms with Gasteiger partial charge in [-0.2, -0.15) is 0 Å². The molecule has 1 aromatic carbocycles. The van der Waals surface area contributed by atoms with Crippen molar-refractivity contribution in [1.29, 1.82) is 0 Å². The molecule has 0 amide bonds. The Kier molecular flexibility index (Phi) is 4.03. The lowest BCUT2D eigenvalue weighted by Gasteiger charge is -2.22.